The number of hydrogen-bond donors (Lipinski definition) is 2. The van der Waals surface area contributed by atoms with E-state index in [0.29, 0.717) is 0 Å². The second-order valence-corrected chi connectivity index (χ2v) is 3.87. The number of nitro benzene ring substituents is 1. The van der Waals surface area contributed by atoms with Crippen LogP contribution in [0.25, 0.3) is 10.9 Å². The molecule has 0 fully saturated rings. The fraction of sp³-hybridized carbons (Fsp3) is 0.182. The van der Waals surface area contributed by atoms with Gasteiger partial charge in [-0.25, -0.2) is 0 Å². The molecule has 0 saturated carbocycles. The van der Waals surface area contributed by atoms with Crippen molar-refractivity contribution in [1.29, 1.82) is 0 Å². The van der Waals surface area contributed by atoms with Crippen molar-refractivity contribution in [3.8, 4) is 0 Å². The highest BCUT2D eigenvalue weighted by atomic mass is 16.6. The van der Waals surface area contributed by atoms with E-state index in [-0.39, 0.29) is 5.69 Å². The molecular formula is C11H10N4O2. The van der Waals surface area contributed by atoms with Crippen molar-refractivity contribution in [2.24, 2.45) is 4.99 Å². The first kappa shape index (κ1) is 9.83. The van der Waals surface area contributed by atoms with Crippen LogP contribution >= 0.6 is 0 Å². The zero-order chi connectivity index (χ0) is 11.8. The molecule has 2 heterocycles. The summed E-state index contributed by atoms with van der Waals surface area (Å²) < 4.78 is 0. The molecule has 1 aromatic carbocycles. The molecule has 0 bridgehead atoms. The predicted octanol–water partition coefficient (Wildman–Crippen LogP) is 1.43. The number of amidine groups is 1. The lowest BCUT2D eigenvalue weighted by molar-refractivity contribution is -0.384. The minimum Gasteiger partial charge on any atom is -0.367 e. The largest absolute Gasteiger partial charge is 0.367 e. The Morgan fingerprint density at radius 3 is 2.94 bits per heavy atom. The van der Waals surface area contributed by atoms with Gasteiger partial charge in [0.15, 0.2) is 0 Å². The van der Waals surface area contributed by atoms with Crippen molar-refractivity contribution >= 4 is 22.4 Å². The maximum absolute atomic E-state index is 10.7. The van der Waals surface area contributed by atoms with E-state index in [2.05, 4.69) is 15.3 Å². The number of nitrogens with one attached hydrogen (secondary N) is 2. The fourth-order valence-electron chi connectivity index (χ4n) is 1.93. The number of nitrogens with zero attached hydrogens (tertiary/aromatic N) is 2. The number of hydrogen-bond acceptors (Lipinski definition) is 4. The second kappa shape index (κ2) is 3.58. The highest BCUT2D eigenvalue weighted by Crippen LogP contribution is 2.21. The van der Waals surface area contributed by atoms with Gasteiger partial charge >= 0.3 is 0 Å². The minimum atomic E-state index is -0.398. The molecule has 1 aromatic heterocycles. The average molecular weight is 230 g/mol. The third-order valence-corrected chi connectivity index (χ3v) is 2.75. The molecule has 0 radical (unpaired) electrons. The van der Waals surface area contributed by atoms with E-state index >= 15 is 0 Å². The molecular weight excluding hydrogens is 220 g/mol. The number of aliphatic imine (C=N–C) groups is 1. The second-order valence-electron chi connectivity index (χ2n) is 3.87. The Morgan fingerprint density at radius 1 is 1.35 bits per heavy atom. The smallest absolute Gasteiger partial charge is 0.271 e. The number of non-ortho nitro benzene ring substituents is 1. The summed E-state index contributed by atoms with van der Waals surface area (Å²) in [4.78, 5) is 17.7. The van der Waals surface area contributed by atoms with Crippen molar-refractivity contribution in [2.45, 2.75) is 0 Å². The van der Waals surface area contributed by atoms with Gasteiger partial charge in [-0.05, 0) is 12.1 Å². The lowest BCUT2D eigenvalue weighted by atomic mass is 10.2. The average Bonchev–Trinajstić information content (AvgIpc) is 2.96. The van der Waals surface area contributed by atoms with Crippen LogP contribution in [-0.2, 0) is 0 Å². The van der Waals surface area contributed by atoms with Gasteiger partial charge in [0.1, 0.15) is 5.84 Å². The molecule has 17 heavy (non-hydrogen) atoms. The van der Waals surface area contributed by atoms with E-state index in [0.717, 1.165) is 35.5 Å². The van der Waals surface area contributed by atoms with E-state index in [1.165, 1.54) is 12.1 Å². The first-order valence-electron chi connectivity index (χ1n) is 5.30. The maximum Gasteiger partial charge on any atom is 0.271 e. The van der Waals surface area contributed by atoms with E-state index in [9.17, 15) is 10.1 Å². The van der Waals surface area contributed by atoms with Gasteiger partial charge in [0.05, 0.1) is 22.7 Å². The molecule has 6 nitrogen and oxygen atoms in total. The van der Waals surface area contributed by atoms with Crippen LogP contribution in [-0.4, -0.2) is 28.8 Å². The van der Waals surface area contributed by atoms with E-state index in [1.54, 1.807) is 6.07 Å². The Balaban J connectivity index is 2.09. The van der Waals surface area contributed by atoms with Gasteiger partial charge in [0, 0.05) is 24.1 Å². The van der Waals surface area contributed by atoms with Crippen molar-refractivity contribution < 1.29 is 4.92 Å². The lowest BCUT2D eigenvalue weighted by Gasteiger charge is -1.96. The molecule has 0 amide bonds. The van der Waals surface area contributed by atoms with Crippen LogP contribution in [0.5, 0.6) is 0 Å². The van der Waals surface area contributed by atoms with Crippen LogP contribution in [0.3, 0.4) is 0 Å². The zero-order valence-corrected chi connectivity index (χ0v) is 8.93. The van der Waals surface area contributed by atoms with E-state index < -0.39 is 4.92 Å². The van der Waals surface area contributed by atoms with Gasteiger partial charge in [-0.2, -0.15) is 0 Å². The highest BCUT2D eigenvalue weighted by Gasteiger charge is 2.13. The molecule has 3 rings (SSSR count). The summed E-state index contributed by atoms with van der Waals surface area (Å²) in [5, 5.41) is 14.8. The number of rotatable bonds is 2. The van der Waals surface area contributed by atoms with Crippen LogP contribution in [0.15, 0.2) is 29.3 Å². The molecule has 1 aliphatic rings. The highest BCUT2D eigenvalue weighted by molar-refractivity contribution is 6.02. The van der Waals surface area contributed by atoms with E-state index in [1.807, 2.05) is 6.07 Å². The molecule has 0 saturated heterocycles. The van der Waals surface area contributed by atoms with Crippen LogP contribution < -0.4 is 5.32 Å². The summed E-state index contributed by atoms with van der Waals surface area (Å²) in [5.74, 6) is 0.823. The van der Waals surface area contributed by atoms with Crippen LogP contribution in [0, 0.1) is 10.1 Å². The standard InChI is InChI=1S/C11H10N4O2/c16-15(17)8-2-1-7-5-10(14-9(7)6-8)11-12-3-4-13-11/h1-2,5-6,14H,3-4H2,(H,12,13). The minimum absolute atomic E-state index is 0.0900. The Hall–Kier alpha value is -2.37. The molecule has 2 N–H and O–H groups in total. The topological polar surface area (TPSA) is 83.3 Å². The molecule has 0 atom stereocenters. The van der Waals surface area contributed by atoms with Gasteiger partial charge in [-0.1, -0.05) is 0 Å². The Bertz CT molecular complexity index is 629. The van der Waals surface area contributed by atoms with Gasteiger partial charge in [-0.15, -0.1) is 0 Å². The molecule has 6 heteroatoms. The van der Waals surface area contributed by atoms with Gasteiger partial charge < -0.3 is 10.3 Å². The first-order chi connectivity index (χ1) is 8.24. The number of aromatic nitrogens is 1. The number of fused-ring (bicyclic) bond motifs is 1. The SMILES string of the molecule is O=[N+]([O-])c1ccc2cc(C3=NCCN3)[nH]c2c1. The summed E-state index contributed by atoms with van der Waals surface area (Å²) in [6, 6.07) is 6.72. The Labute approximate surface area is 96.5 Å². The summed E-state index contributed by atoms with van der Waals surface area (Å²) in [7, 11) is 0. The van der Waals surface area contributed by atoms with Gasteiger partial charge in [0.25, 0.3) is 5.69 Å². The maximum atomic E-state index is 10.7. The van der Waals surface area contributed by atoms with Crippen molar-refractivity contribution in [3.05, 3.63) is 40.1 Å². The number of nitro groups is 1. The monoisotopic (exact) mass is 230 g/mol. The van der Waals surface area contributed by atoms with Crippen LogP contribution in [0.4, 0.5) is 5.69 Å². The third-order valence-electron chi connectivity index (χ3n) is 2.75. The Kier molecular flexibility index (Phi) is 2.07. The van der Waals surface area contributed by atoms with Crippen molar-refractivity contribution in [3.63, 3.8) is 0 Å². The number of benzene rings is 1. The summed E-state index contributed by atoms with van der Waals surface area (Å²) >= 11 is 0. The molecule has 0 spiro atoms. The predicted molar refractivity (Wildman–Crippen MR) is 64.4 cm³/mol. The normalized spacial score (nSPS) is 14.7. The summed E-state index contributed by atoms with van der Waals surface area (Å²) in [5.41, 5.74) is 1.72. The zero-order valence-electron chi connectivity index (χ0n) is 8.93. The van der Waals surface area contributed by atoms with Crippen molar-refractivity contribution in [2.75, 3.05) is 13.1 Å². The summed E-state index contributed by atoms with van der Waals surface area (Å²) in [6.07, 6.45) is 0. The van der Waals surface area contributed by atoms with Crippen LogP contribution in [0.1, 0.15) is 5.69 Å². The van der Waals surface area contributed by atoms with Crippen LogP contribution in [0.2, 0.25) is 0 Å². The molecule has 2 aromatic rings. The molecule has 0 unspecified atom stereocenters. The first-order valence-corrected chi connectivity index (χ1v) is 5.30. The lowest BCUT2D eigenvalue weighted by Crippen LogP contribution is -2.19. The molecule has 86 valence electrons. The van der Waals surface area contributed by atoms with E-state index in [4.69, 9.17) is 0 Å². The van der Waals surface area contributed by atoms with Gasteiger partial charge in [-0.3, -0.25) is 15.1 Å². The molecule has 1 aliphatic heterocycles. The van der Waals surface area contributed by atoms with Gasteiger partial charge in [0.2, 0.25) is 0 Å². The quantitative estimate of drug-likeness (QED) is 0.604. The third kappa shape index (κ3) is 1.63. The fourth-order valence-corrected chi connectivity index (χ4v) is 1.93. The van der Waals surface area contributed by atoms with Crippen molar-refractivity contribution in [1.82, 2.24) is 10.3 Å². The molecule has 0 aliphatic carbocycles. The number of aromatic amines is 1. The Morgan fingerprint density at radius 2 is 2.24 bits per heavy atom. The number of H-pyrrole nitrogens is 1. The summed E-state index contributed by atoms with van der Waals surface area (Å²) in [6.45, 7) is 1.61.